The number of hydrogen-bond donors (Lipinski definition) is 2. The molecule has 0 aromatic heterocycles. The summed E-state index contributed by atoms with van der Waals surface area (Å²) >= 11 is 0. The minimum Gasteiger partial charge on any atom is -0.384 e. The van der Waals surface area contributed by atoms with Crippen molar-refractivity contribution < 1.29 is 4.39 Å². The van der Waals surface area contributed by atoms with E-state index in [1.54, 1.807) is 6.07 Å². The summed E-state index contributed by atoms with van der Waals surface area (Å²) in [5, 5.41) is 12.6. The first kappa shape index (κ1) is 14.9. The minimum atomic E-state index is -0.372. The fraction of sp³-hybridized carbons (Fsp3) is 0.167. The number of nitrogens with zero attached hydrogens (tertiary/aromatic N) is 2. The van der Waals surface area contributed by atoms with Crippen molar-refractivity contribution in [2.24, 2.45) is 5.73 Å². The van der Waals surface area contributed by atoms with Crippen molar-refractivity contribution in [1.82, 2.24) is 0 Å². The van der Waals surface area contributed by atoms with E-state index in [1.165, 1.54) is 12.1 Å². The fourth-order valence-electron chi connectivity index (χ4n) is 2.86. The van der Waals surface area contributed by atoms with Crippen LogP contribution in [0.1, 0.15) is 17.0 Å². The van der Waals surface area contributed by atoms with Crippen LogP contribution >= 0.6 is 0 Å². The zero-order valence-electron chi connectivity index (χ0n) is 13.0. The number of nitrogens with one attached hydrogen (secondary N) is 1. The van der Waals surface area contributed by atoms with Gasteiger partial charge < -0.3 is 16.0 Å². The summed E-state index contributed by atoms with van der Waals surface area (Å²) in [6, 6.07) is 14.4. The maximum absolute atomic E-state index is 13.6. The summed E-state index contributed by atoms with van der Waals surface area (Å²) in [5.41, 5.74) is 9.91. The molecule has 1 aliphatic heterocycles. The van der Waals surface area contributed by atoms with Crippen LogP contribution in [-0.2, 0) is 0 Å². The molecule has 2 aromatic carbocycles. The van der Waals surface area contributed by atoms with Gasteiger partial charge in [0.25, 0.3) is 0 Å². The molecular formula is C18H17FN4. The molecule has 116 valence electrons. The second kappa shape index (κ2) is 5.65. The lowest BCUT2D eigenvalue weighted by Crippen LogP contribution is -2.23. The fourth-order valence-corrected chi connectivity index (χ4v) is 2.86. The molecule has 4 nitrogen and oxygen atoms in total. The molecule has 1 unspecified atom stereocenters. The zero-order valence-corrected chi connectivity index (χ0v) is 13.0. The lowest BCUT2D eigenvalue weighted by Gasteiger charge is -2.29. The van der Waals surface area contributed by atoms with Gasteiger partial charge in [-0.3, -0.25) is 0 Å². The smallest absolute Gasteiger partial charge is 0.123 e. The number of nitrogens with two attached hydrogens (primary N) is 1. The molecule has 0 aliphatic carbocycles. The molecule has 23 heavy (non-hydrogen) atoms. The van der Waals surface area contributed by atoms with E-state index in [2.05, 4.69) is 11.4 Å². The van der Waals surface area contributed by atoms with E-state index >= 15 is 0 Å². The molecule has 3 rings (SSSR count). The number of rotatable bonds is 2. The quantitative estimate of drug-likeness (QED) is 0.894. The average molecular weight is 308 g/mol. The summed E-state index contributed by atoms with van der Waals surface area (Å²) in [6.45, 7) is 0. The Kier molecular flexibility index (Phi) is 3.67. The lowest BCUT2D eigenvalue weighted by molar-refractivity contribution is 0.624. The van der Waals surface area contributed by atoms with Gasteiger partial charge in [-0.2, -0.15) is 5.26 Å². The van der Waals surface area contributed by atoms with Gasteiger partial charge in [-0.05, 0) is 35.4 Å². The molecule has 0 saturated heterocycles. The van der Waals surface area contributed by atoms with Crippen LogP contribution < -0.4 is 16.0 Å². The third kappa shape index (κ3) is 2.59. The van der Waals surface area contributed by atoms with Gasteiger partial charge >= 0.3 is 0 Å². The average Bonchev–Trinajstić information content (AvgIpc) is 2.52. The molecule has 1 atom stereocenters. The SMILES string of the molecule is CN(C)c1ccc2c(c1)NC(N)=C(C#N)C2c1cccc(F)c1. The van der Waals surface area contributed by atoms with E-state index in [4.69, 9.17) is 5.73 Å². The lowest BCUT2D eigenvalue weighted by atomic mass is 9.82. The summed E-state index contributed by atoms with van der Waals surface area (Å²) < 4.78 is 13.6. The van der Waals surface area contributed by atoms with Gasteiger partial charge in [0.2, 0.25) is 0 Å². The Balaban J connectivity index is 2.20. The Labute approximate surface area is 134 Å². The third-order valence-corrected chi connectivity index (χ3v) is 4.01. The predicted octanol–water partition coefficient (Wildman–Crippen LogP) is 3.14. The highest BCUT2D eigenvalue weighted by molar-refractivity contribution is 5.71. The van der Waals surface area contributed by atoms with Gasteiger partial charge in [-0.1, -0.05) is 18.2 Å². The second-order valence-electron chi connectivity index (χ2n) is 5.72. The van der Waals surface area contributed by atoms with E-state index in [9.17, 15) is 9.65 Å². The maximum Gasteiger partial charge on any atom is 0.123 e. The first-order valence-electron chi connectivity index (χ1n) is 7.24. The molecule has 1 aliphatic rings. The van der Waals surface area contributed by atoms with Crippen LogP contribution in [0.4, 0.5) is 15.8 Å². The molecule has 0 bridgehead atoms. The molecule has 1 heterocycles. The van der Waals surface area contributed by atoms with Crippen molar-refractivity contribution >= 4 is 11.4 Å². The zero-order chi connectivity index (χ0) is 16.6. The molecule has 0 amide bonds. The van der Waals surface area contributed by atoms with Crippen LogP contribution in [-0.4, -0.2) is 14.1 Å². The standard InChI is InChI=1S/C18H17FN4/c1-23(2)13-6-7-14-16(9-13)22-18(21)15(10-20)17(14)11-4-3-5-12(19)8-11/h3-9,17,22H,21H2,1-2H3. The topological polar surface area (TPSA) is 65.1 Å². The van der Waals surface area contributed by atoms with E-state index in [1.807, 2.05) is 43.3 Å². The Bertz CT molecular complexity index is 833. The Morgan fingerprint density at radius 3 is 2.65 bits per heavy atom. The molecular weight excluding hydrogens is 291 g/mol. The number of halogens is 1. The van der Waals surface area contributed by atoms with Crippen LogP contribution in [0, 0.1) is 17.1 Å². The van der Waals surface area contributed by atoms with Gasteiger partial charge in [-0.15, -0.1) is 0 Å². The first-order chi connectivity index (χ1) is 11.0. The number of anilines is 2. The Morgan fingerprint density at radius 1 is 1.22 bits per heavy atom. The summed E-state index contributed by atoms with van der Waals surface area (Å²) in [4.78, 5) is 1.98. The van der Waals surface area contributed by atoms with Gasteiger partial charge in [0, 0.05) is 31.4 Å². The Hall–Kier alpha value is -3.00. The monoisotopic (exact) mass is 308 g/mol. The highest BCUT2D eigenvalue weighted by Crippen LogP contribution is 2.41. The van der Waals surface area contributed by atoms with Crippen LogP contribution in [0.3, 0.4) is 0 Å². The maximum atomic E-state index is 13.6. The third-order valence-electron chi connectivity index (χ3n) is 4.01. The second-order valence-corrected chi connectivity index (χ2v) is 5.72. The molecule has 2 aromatic rings. The highest BCUT2D eigenvalue weighted by Gasteiger charge is 2.29. The van der Waals surface area contributed by atoms with Crippen LogP contribution in [0.15, 0.2) is 53.9 Å². The minimum absolute atomic E-state index is 0.310. The Morgan fingerprint density at radius 2 is 2.00 bits per heavy atom. The van der Waals surface area contributed by atoms with Crippen molar-refractivity contribution in [3.63, 3.8) is 0 Å². The number of nitriles is 1. The number of allylic oxidation sites excluding steroid dienone is 1. The van der Waals surface area contributed by atoms with Gasteiger partial charge in [0.05, 0.1) is 11.6 Å². The summed E-state index contributed by atoms with van der Waals surface area (Å²) in [6.07, 6.45) is 0. The normalized spacial score (nSPS) is 16.3. The molecule has 5 heteroatoms. The van der Waals surface area contributed by atoms with Crippen LogP contribution in [0.25, 0.3) is 0 Å². The summed E-state index contributed by atoms with van der Waals surface area (Å²) in [5.74, 6) is -0.392. The molecule has 3 N–H and O–H groups in total. The van der Waals surface area contributed by atoms with Gasteiger partial charge in [-0.25, -0.2) is 4.39 Å². The van der Waals surface area contributed by atoms with Crippen molar-refractivity contribution in [2.45, 2.75) is 5.92 Å². The van der Waals surface area contributed by atoms with E-state index in [-0.39, 0.29) is 11.7 Å². The largest absolute Gasteiger partial charge is 0.384 e. The van der Waals surface area contributed by atoms with Crippen molar-refractivity contribution in [3.8, 4) is 6.07 Å². The number of benzene rings is 2. The van der Waals surface area contributed by atoms with Crippen LogP contribution in [0.5, 0.6) is 0 Å². The van der Waals surface area contributed by atoms with Crippen molar-refractivity contribution in [1.29, 1.82) is 5.26 Å². The first-order valence-corrected chi connectivity index (χ1v) is 7.24. The van der Waals surface area contributed by atoms with E-state index < -0.39 is 0 Å². The molecule has 0 fully saturated rings. The summed E-state index contributed by atoms with van der Waals surface area (Å²) in [7, 11) is 3.91. The number of fused-ring (bicyclic) bond motifs is 1. The molecule has 0 saturated carbocycles. The van der Waals surface area contributed by atoms with Crippen molar-refractivity contribution in [3.05, 3.63) is 70.8 Å². The van der Waals surface area contributed by atoms with E-state index in [0.717, 1.165) is 16.9 Å². The van der Waals surface area contributed by atoms with Crippen molar-refractivity contribution in [2.75, 3.05) is 24.3 Å². The number of hydrogen-bond acceptors (Lipinski definition) is 4. The van der Waals surface area contributed by atoms with Crippen LogP contribution in [0.2, 0.25) is 0 Å². The molecule has 0 spiro atoms. The highest BCUT2D eigenvalue weighted by atomic mass is 19.1. The predicted molar refractivity (Wildman–Crippen MR) is 89.5 cm³/mol. The van der Waals surface area contributed by atoms with Gasteiger partial charge in [0.1, 0.15) is 11.6 Å². The molecule has 0 radical (unpaired) electrons. The van der Waals surface area contributed by atoms with E-state index in [0.29, 0.717) is 17.0 Å². The van der Waals surface area contributed by atoms with Gasteiger partial charge in [0.15, 0.2) is 0 Å².